The molecule has 1 aromatic carbocycles. The van der Waals surface area contributed by atoms with Crippen molar-refractivity contribution in [3.05, 3.63) is 39.7 Å². The van der Waals surface area contributed by atoms with Gasteiger partial charge in [0.25, 0.3) is 0 Å². The highest BCUT2D eigenvalue weighted by Crippen LogP contribution is 2.30. The van der Waals surface area contributed by atoms with Crippen LogP contribution in [0.1, 0.15) is 49.7 Å². The number of carbonyl (C=O) groups excluding carboxylic acids is 1. The Morgan fingerprint density at radius 3 is 2.90 bits per heavy atom. The van der Waals surface area contributed by atoms with E-state index in [-0.39, 0.29) is 11.5 Å². The van der Waals surface area contributed by atoms with Crippen LogP contribution < -0.4 is 15.7 Å². The number of nitrogens with zero attached hydrogens (tertiary/aromatic N) is 1. The second-order valence-electron chi connectivity index (χ2n) is 8.66. The summed E-state index contributed by atoms with van der Waals surface area (Å²) in [6, 6.07) is 6.10. The Kier molecular flexibility index (Phi) is 6.42. The summed E-state index contributed by atoms with van der Waals surface area (Å²) in [7, 11) is 1.58. The van der Waals surface area contributed by atoms with Crippen LogP contribution in [0.4, 0.5) is 0 Å². The minimum atomic E-state index is -0.369. The molecule has 0 bridgehead atoms. The fraction of sp³-hybridized carbons (Fsp3) is 0.583. The predicted molar refractivity (Wildman–Crippen MR) is 117 cm³/mol. The van der Waals surface area contributed by atoms with Gasteiger partial charge in [-0.25, -0.2) is 4.79 Å². The third-order valence-corrected chi connectivity index (χ3v) is 6.89. The van der Waals surface area contributed by atoms with E-state index in [9.17, 15) is 9.59 Å². The molecule has 2 fully saturated rings. The van der Waals surface area contributed by atoms with E-state index in [0.717, 1.165) is 17.5 Å². The van der Waals surface area contributed by atoms with Crippen LogP contribution in [0.2, 0.25) is 0 Å². The van der Waals surface area contributed by atoms with Gasteiger partial charge in [-0.15, -0.1) is 0 Å². The quantitative estimate of drug-likeness (QED) is 0.736. The van der Waals surface area contributed by atoms with Crippen LogP contribution in [0.5, 0.6) is 5.75 Å². The zero-order valence-corrected chi connectivity index (χ0v) is 18.0. The molecule has 0 radical (unpaired) electrons. The first-order chi connectivity index (χ1) is 14.6. The Hall–Kier alpha value is -2.34. The number of rotatable bonds is 6. The number of methoxy groups -OCH3 is 1. The standard InChI is InChI=1S/C24H32N2O4/c1-16-19-9-8-18(29-2)14-22(19)30-24(28)20(16)10-11-23(27)25-15-17-6-5-13-26-12-4-3-7-21(17)26/h8-9,14,17,21H,3-7,10-13,15H2,1-2H3,(H,25,27)/t17-,21?/m0/s1. The molecule has 2 atom stereocenters. The summed E-state index contributed by atoms with van der Waals surface area (Å²) in [4.78, 5) is 27.6. The third-order valence-electron chi connectivity index (χ3n) is 6.89. The molecule has 6 nitrogen and oxygen atoms in total. The molecule has 0 aliphatic carbocycles. The number of ether oxygens (including phenoxy) is 1. The lowest BCUT2D eigenvalue weighted by Crippen LogP contribution is -2.51. The largest absolute Gasteiger partial charge is 0.497 e. The highest BCUT2D eigenvalue weighted by Gasteiger charge is 2.32. The van der Waals surface area contributed by atoms with Crippen LogP contribution in [0.25, 0.3) is 11.0 Å². The van der Waals surface area contributed by atoms with Gasteiger partial charge >= 0.3 is 5.63 Å². The van der Waals surface area contributed by atoms with Gasteiger partial charge in [0, 0.05) is 36.0 Å². The lowest BCUT2D eigenvalue weighted by molar-refractivity contribution is -0.121. The minimum absolute atomic E-state index is 0.0107. The van der Waals surface area contributed by atoms with Gasteiger partial charge in [-0.3, -0.25) is 4.79 Å². The number of fused-ring (bicyclic) bond motifs is 2. The summed E-state index contributed by atoms with van der Waals surface area (Å²) in [5, 5.41) is 4.01. The molecule has 2 aliphatic rings. The number of amides is 1. The Balaban J connectivity index is 1.36. The molecule has 162 valence electrons. The molecule has 1 amide bonds. The zero-order valence-electron chi connectivity index (χ0n) is 18.0. The van der Waals surface area contributed by atoms with E-state index in [4.69, 9.17) is 9.15 Å². The van der Waals surface area contributed by atoms with Crippen molar-refractivity contribution in [2.45, 2.75) is 57.9 Å². The van der Waals surface area contributed by atoms with Crippen LogP contribution in [-0.4, -0.2) is 43.6 Å². The smallest absolute Gasteiger partial charge is 0.339 e. The van der Waals surface area contributed by atoms with Crippen LogP contribution in [0, 0.1) is 12.8 Å². The van der Waals surface area contributed by atoms with Crippen molar-refractivity contribution < 1.29 is 13.9 Å². The van der Waals surface area contributed by atoms with Crippen LogP contribution >= 0.6 is 0 Å². The first-order valence-corrected chi connectivity index (χ1v) is 11.2. The SMILES string of the molecule is COc1ccc2c(C)c(CCC(=O)NC[C@@H]3CCCN4CCCCC34)c(=O)oc2c1. The van der Waals surface area contributed by atoms with Crippen LogP contribution in [0.3, 0.4) is 0 Å². The average Bonchev–Trinajstić information content (AvgIpc) is 2.77. The van der Waals surface area contributed by atoms with Crippen molar-refractivity contribution in [2.24, 2.45) is 5.92 Å². The zero-order chi connectivity index (χ0) is 21.1. The van der Waals surface area contributed by atoms with Gasteiger partial charge in [0.15, 0.2) is 0 Å². The van der Waals surface area contributed by atoms with Crippen molar-refractivity contribution >= 4 is 16.9 Å². The average molecular weight is 413 g/mol. The maximum atomic E-state index is 12.5. The number of hydrogen-bond acceptors (Lipinski definition) is 5. The number of hydrogen-bond donors (Lipinski definition) is 1. The molecular weight excluding hydrogens is 380 g/mol. The third kappa shape index (κ3) is 4.38. The summed E-state index contributed by atoms with van der Waals surface area (Å²) in [5.41, 5.74) is 1.60. The first-order valence-electron chi connectivity index (χ1n) is 11.2. The van der Waals surface area contributed by atoms with E-state index in [1.165, 1.54) is 45.2 Å². The Morgan fingerprint density at radius 2 is 2.07 bits per heavy atom. The lowest BCUT2D eigenvalue weighted by atomic mass is 9.83. The molecule has 1 unspecified atom stereocenters. The Labute approximate surface area is 177 Å². The van der Waals surface area contributed by atoms with E-state index in [1.54, 1.807) is 13.2 Å². The number of benzene rings is 1. The van der Waals surface area contributed by atoms with E-state index >= 15 is 0 Å². The van der Waals surface area contributed by atoms with Gasteiger partial charge in [0.05, 0.1) is 7.11 Å². The summed E-state index contributed by atoms with van der Waals surface area (Å²) in [6.45, 7) is 5.07. The van der Waals surface area contributed by atoms with Gasteiger partial charge in [-0.1, -0.05) is 6.42 Å². The molecule has 1 N–H and O–H groups in total. The maximum Gasteiger partial charge on any atom is 0.339 e. The molecule has 4 rings (SSSR count). The van der Waals surface area contributed by atoms with Crippen molar-refractivity contribution in [1.82, 2.24) is 10.2 Å². The fourth-order valence-electron chi connectivity index (χ4n) is 5.18. The molecule has 1 aromatic heterocycles. The van der Waals surface area contributed by atoms with Crippen molar-refractivity contribution in [3.63, 3.8) is 0 Å². The Morgan fingerprint density at radius 1 is 1.23 bits per heavy atom. The monoisotopic (exact) mass is 412 g/mol. The molecule has 2 saturated heterocycles. The second-order valence-corrected chi connectivity index (χ2v) is 8.66. The van der Waals surface area contributed by atoms with Gasteiger partial charge < -0.3 is 19.4 Å². The van der Waals surface area contributed by atoms with Crippen molar-refractivity contribution in [2.75, 3.05) is 26.7 Å². The molecule has 30 heavy (non-hydrogen) atoms. The van der Waals surface area contributed by atoms with E-state index in [1.807, 2.05) is 19.1 Å². The van der Waals surface area contributed by atoms with Crippen molar-refractivity contribution in [1.29, 1.82) is 0 Å². The van der Waals surface area contributed by atoms with E-state index < -0.39 is 0 Å². The summed E-state index contributed by atoms with van der Waals surface area (Å²) < 4.78 is 10.7. The predicted octanol–water partition coefficient (Wildman–Crippen LogP) is 3.42. The fourth-order valence-corrected chi connectivity index (χ4v) is 5.18. The number of nitrogens with one attached hydrogen (secondary N) is 1. The number of piperidine rings is 2. The minimum Gasteiger partial charge on any atom is -0.497 e. The molecular formula is C24H32N2O4. The number of carbonyl (C=O) groups is 1. The molecule has 2 aliphatic heterocycles. The van der Waals surface area contributed by atoms with Crippen LogP contribution in [-0.2, 0) is 11.2 Å². The maximum absolute atomic E-state index is 12.5. The van der Waals surface area contributed by atoms with E-state index in [0.29, 0.717) is 41.7 Å². The first kappa shape index (κ1) is 20.9. The van der Waals surface area contributed by atoms with Crippen LogP contribution in [0.15, 0.2) is 27.4 Å². The topological polar surface area (TPSA) is 71.8 Å². The second kappa shape index (κ2) is 9.21. The summed E-state index contributed by atoms with van der Waals surface area (Å²) >= 11 is 0. The molecule has 6 heteroatoms. The highest BCUT2D eigenvalue weighted by molar-refractivity contribution is 5.82. The normalized spacial score (nSPS) is 21.9. The lowest BCUT2D eigenvalue weighted by Gasteiger charge is -2.44. The number of aryl methyl sites for hydroxylation is 1. The van der Waals surface area contributed by atoms with Gasteiger partial charge in [-0.05, 0) is 75.7 Å². The van der Waals surface area contributed by atoms with E-state index in [2.05, 4.69) is 10.2 Å². The van der Waals surface area contributed by atoms with Gasteiger partial charge in [0.1, 0.15) is 11.3 Å². The molecule has 0 spiro atoms. The van der Waals surface area contributed by atoms with Gasteiger partial charge in [0.2, 0.25) is 5.91 Å². The molecule has 2 aromatic rings. The molecule has 0 saturated carbocycles. The highest BCUT2D eigenvalue weighted by atomic mass is 16.5. The molecule has 3 heterocycles. The van der Waals surface area contributed by atoms with Gasteiger partial charge in [-0.2, -0.15) is 0 Å². The summed E-state index contributed by atoms with van der Waals surface area (Å²) in [5.74, 6) is 1.21. The Bertz CT molecular complexity index is 966. The summed E-state index contributed by atoms with van der Waals surface area (Å²) in [6.07, 6.45) is 6.96. The van der Waals surface area contributed by atoms with Crippen molar-refractivity contribution in [3.8, 4) is 5.75 Å².